The monoisotopic (exact) mass is 372 g/mol. The van der Waals surface area contributed by atoms with Gasteiger partial charge in [0.05, 0.1) is 17.3 Å². The van der Waals surface area contributed by atoms with Crippen LogP contribution in [0.25, 0.3) is 0 Å². The van der Waals surface area contributed by atoms with Crippen LogP contribution in [0.15, 0.2) is 9.64 Å². The number of unbranched alkanes of at least 4 members (excludes halogenated alkanes) is 1. The lowest BCUT2D eigenvalue weighted by Crippen LogP contribution is -2.07. The van der Waals surface area contributed by atoms with Crippen molar-refractivity contribution in [2.24, 2.45) is 5.92 Å². The van der Waals surface area contributed by atoms with Crippen LogP contribution in [0.4, 0.5) is 0 Å². The highest BCUT2D eigenvalue weighted by atomic mass is 32.2. The van der Waals surface area contributed by atoms with Crippen molar-refractivity contribution in [2.75, 3.05) is 11.5 Å². The Morgan fingerprint density at radius 2 is 2.21 bits per heavy atom. The predicted molar refractivity (Wildman–Crippen MR) is 87.0 cm³/mol. The molecule has 0 aromatic carbocycles. The average molecular weight is 372 g/mol. The molecule has 0 N–H and O–H groups in total. The first kappa shape index (κ1) is 17.3. The van der Waals surface area contributed by atoms with E-state index in [2.05, 4.69) is 32.6 Å². The van der Waals surface area contributed by atoms with Crippen LogP contribution in [0.5, 0.6) is 0 Å². The van der Waals surface area contributed by atoms with Gasteiger partial charge in [0.1, 0.15) is 0 Å². The summed E-state index contributed by atoms with van der Waals surface area (Å²) in [6, 6.07) is 0. The maximum atomic E-state index is 11.5. The summed E-state index contributed by atoms with van der Waals surface area (Å²) in [6.45, 7) is 2.92. The van der Waals surface area contributed by atoms with E-state index in [9.17, 15) is 8.42 Å². The average Bonchev–Trinajstić information content (AvgIpc) is 3.24. The molecule has 1 fully saturated rings. The molecule has 3 rings (SSSR count). The number of sulfone groups is 1. The van der Waals surface area contributed by atoms with Gasteiger partial charge in [0.25, 0.3) is 5.22 Å². The number of aryl methyl sites for hydroxylation is 1. The molecular formula is C13H20N6O3S2. The minimum Gasteiger partial charge on any atom is -0.416 e. The molecule has 0 unspecified atom stereocenters. The van der Waals surface area contributed by atoms with Crippen molar-refractivity contribution in [2.45, 2.75) is 50.1 Å². The molecule has 3 heterocycles. The summed E-state index contributed by atoms with van der Waals surface area (Å²) in [6.07, 6.45) is 3.29. The highest BCUT2D eigenvalue weighted by Gasteiger charge is 2.29. The fourth-order valence-electron chi connectivity index (χ4n) is 2.59. The normalized spacial score (nSPS) is 19.8. The lowest BCUT2D eigenvalue weighted by molar-refractivity contribution is 0.389. The molecule has 2 aromatic rings. The molecule has 1 saturated heterocycles. The van der Waals surface area contributed by atoms with E-state index in [-0.39, 0.29) is 17.4 Å². The maximum Gasteiger partial charge on any atom is 0.277 e. The van der Waals surface area contributed by atoms with Crippen LogP contribution in [-0.2, 0) is 28.6 Å². The maximum absolute atomic E-state index is 11.5. The number of hydrogen-bond acceptors (Lipinski definition) is 9. The first-order valence-corrected chi connectivity index (χ1v) is 10.8. The summed E-state index contributed by atoms with van der Waals surface area (Å²) in [5.41, 5.74) is 0. The van der Waals surface area contributed by atoms with Crippen LogP contribution >= 0.6 is 11.8 Å². The van der Waals surface area contributed by atoms with Crippen LogP contribution in [0.1, 0.15) is 37.9 Å². The first-order chi connectivity index (χ1) is 11.6. The summed E-state index contributed by atoms with van der Waals surface area (Å²) in [5.74, 6) is 2.36. The summed E-state index contributed by atoms with van der Waals surface area (Å²) in [7, 11) is -2.88. The summed E-state index contributed by atoms with van der Waals surface area (Å²) in [4.78, 5) is 0. The van der Waals surface area contributed by atoms with Gasteiger partial charge in [0, 0.05) is 13.0 Å². The minimum atomic E-state index is -2.88. The second kappa shape index (κ2) is 7.60. The Bertz CT molecular complexity index is 772. The Kier molecular flexibility index (Phi) is 5.49. The molecule has 0 aliphatic carbocycles. The molecule has 0 saturated carbocycles. The zero-order valence-corrected chi connectivity index (χ0v) is 15.1. The molecule has 2 aromatic heterocycles. The van der Waals surface area contributed by atoms with Gasteiger partial charge in [-0.3, -0.25) is 0 Å². The number of thioether (sulfide) groups is 1. The van der Waals surface area contributed by atoms with E-state index in [1.54, 1.807) is 4.68 Å². The van der Waals surface area contributed by atoms with Gasteiger partial charge in [-0.2, -0.15) is 0 Å². The molecule has 0 amide bonds. The van der Waals surface area contributed by atoms with E-state index in [4.69, 9.17) is 4.42 Å². The van der Waals surface area contributed by atoms with Crippen molar-refractivity contribution in [3.8, 4) is 0 Å². The van der Waals surface area contributed by atoms with Gasteiger partial charge < -0.3 is 4.42 Å². The predicted octanol–water partition coefficient (Wildman–Crippen LogP) is 1.13. The van der Waals surface area contributed by atoms with Crippen LogP contribution in [0.3, 0.4) is 0 Å². The Balaban J connectivity index is 1.52. The van der Waals surface area contributed by atoms with Crippen molar-refractivity contribution < 1.29 is 12.8 Å². The SMILES string of the molecule is CCCCn1nnnc1CSc1nnc(C[C@H]2CCS(=O)(=O)C2)o1. The van der Waals surface area contributed by atoms with Crippen LogP contribution in [0.2, 0.25) is 0 Å². The van der Waals surface area contributed by atoms with Gasteiger partial charge in [-0.15, -0.1) is 15.3 Å². The molecule has 0 spiro atoms. The third-order valence-corrected chi connectivity index (χ3v) is 6.54. The van der Waals surface area contributed by atoms with Crippen molar-refractivity contribution in [3.63, 3.8) is 0 Å². The lowest BCUT2D eigenvalue weighted by atomic mass is 10.1. The Morgan fingerprint density at radius 3 is 2.96 bits per heavy atom. The topological polar surface area (TPSA) is 117 Å². The summed E-state index contributed by atoms with van der Waals surface area (Å²) >= 11 is 1.38. The van der Waals surface area contributed by atoms with Crippen LogP contribution in [-0.4, -0.2) is 50.3 Å². The molecule has 0 radical (unpaired) electrons. The Morgan fingerprint density at radius 1 is 1.33 bits per heavy atom. The molecule has 132 valence electrons. The highest BCUT2D eigenvalue weighted by Crippen LogP contribution is 2.25. The third-order valence-electron chi connectivity index (χ3n) is 3.89. The zero-order valence-electron chi connectivity index (χ0n) is 13.5. The molecule has 9 nitrogen and oxygen atoms in total. The van der Waals surface area contributed by atoms with E-state index in [0.29, 0.717) is 29.7 Å². The number of aromatic nitrogens is 6. The fourth-order valence-corrected chi connectivity index (χ4v) is 5.17. The molecule has 1 aliphatic rings. The van der Waals surface area contributed by atoms with E-state index in [1.807, 2.05) is 0 Å². The number of nitrogens with zero attached hydrogens (tertiary/aromatic N) is 6. The smallest absolute Gasteiger partial charge is 0.277 e. The lowest BCUT2D eigenvalue weighted by Gasteiger charge is -2.02. The van der Waals surface area contributed by atoms with Crippen molar-refractivity contribution >= 4 is 21.6 Å². The molecule has 24 heavy (non-hydrogen) atoms. The van der Waals surface area contributed by atoms with Gasteiger partial charge >= 0.3 is 0 Å². The van der Waals surface area contributed by atoms with Gasteiger partial charge in [-0.25, -0.2) is 13.1 Å². The quantitative estimate of drug-likeness (QED) is 0.628. The largest absolute Gasteiger partial charge is 0.416 e. The van der Waals surface area contributed by atoms with E-state index >= 15 is 0 Å². The minimum absolute atomic E-state index is 0.0784. The molecule has 1 aliphatic heterocycles. The highest BCUT2D eigenvalue weighted by molar-refractivity contribution is 7.98. The van der Waals surface area contributed by atoms with Crippen LogP contribution in [0, 0.1) is 5.92 Å². The van der Waals surface area contributed by atoms with Crippen molar-refractivity contribution in [3.05, 3.63) is 11.7 Å². The van der Waals surface area contributed by atoms with Gasteiger partial charge in [0.15, 0.2) is 15.7 Å². The van der Waals surface area contributed by atoms with Gasteiger partial charge in [0.2, 0.25) is 5.89 Å². The number of tetrazole rings is 1. The second-order valence-corrected chi connectivity index (χ2v) is 9.05. The fraction of sp³-hybridized carbons (Fsp3) is 0.769. The summed E-state index contributed by atoms with van der Waals surface area (Å²) in [5, 5.41) is 20.2. The van der Waals surface area contributed by atoms with E-state index in [1.165, 1.54) is 11.8 Å². The second-order valence-electron chi connectivity index (χ2n) is 5.90. The standard InChI is InChI=1S/C13H20N6O3S2/c1-2-3-5-19-11(14-17-18-19)8-23-13-16-15-12(22-13)7-10-4-6-24(20,21)9-10/h10H,2-9H2,1H3/t10-/m1/s1. The summed E-state index contributed by atoms with van der Waals surface area (Å²) < 4.78 is 30.4. The third kappa shape index (κ3) is 4.53. The van der Waals surface area contributed by atoms with Gasteiger partial charge in [-0.05, 0) is 29.2 Å². The zero-order chi connectivity index (χ0) is 17.0. The molecule has 1 atom stereocenters. The van der Waals surface area contributed by atoms with E-state index < -0.39 is 9.84 Å². The number of hydrogen-bond donors (Lipinski definition) is 0. The van der Waals surface area contributed by atoms with Gasteiger partial charge in [-0.1, -0.05) is 25.1 Å². The molecule has 11 heteroatoms. The van der Waals surface area contributed by atoms with Crippen molar-refractivity contribution in [1.82, 2.24) is 30.4 Å². The molecule has 0 bridgehead atoms. The van der Waals surface area contributed by atoms with E-state index in [0.717, 1.165) is 25.2 Å². The first-order valence-electron chi connectivity index (χ1n) is 7.96. The Labute approximate surface area is 144 Å². The van der Waals surface area contributed by atoms with Crippen molar-refractivity contribution in [1.29, 1.82) is 0 Å². The molecular weight excluding hydrogens is 352 g/mol. The Hall–Kier alpha value is -1.49. The van der Waals surface area contributed by atoms with Crippen LogP contribution < -0.4 is 0 Å². The number of rotatable bonds is 8.